The standard InChI is InChI=1S/C19H24ClNO2/c1-5-23-16-8-6-7-13-15(22)9-14-17(18(13)16)12(10-20)11-21(14)19(2,3)4/h6-9,12,22H,5,10-11H2,1-4H3. The summed E-state index contributed by atoms with van der Waals surface area (Å²) in [6.07, 6.45) is 0. The first-order valence-corrected chi connectivity index (χ1v) is 8.67. The Kier molecular flexibility index (Phi) is 4.09. The van der Waals surface area contributed by atoms with Crippen LogP contribution in [0.1, 0.15) is 39.2 Å². The van der Waals surface area contributed by atoms with E-state index >= 15 is 0 Å². The minimum absolute atomic E-state index is 0.0315. The highest BCUT2D eigenvalue weighted by atomic mass is 35.5. The first-order chi connectivity index (χ1) is 10.9. The van der Waals surface area contributed by atoms with Gasteiger partial charge in [-0.05, 0) is 39.3 Å². The predicted molar refractivity (Wildman–Crippen MR) is 97.3 cm³/mol. The second kappa shape index (κ2) is 5.79. The Hall–Kier alpha value is -1.61. The first kappa shape index (κ1) is 16.3. The smallest absolute Gasteiger partial charge is 0.127 e. The minimum atomic E-state index is -0.0315. The molecule has 0 saturated heterocycles. The molecule has 4 heteroatoms. The average Bonchev–Trinajstić information content (AvgIpc) is 2.86. The van der Waals surface area contributed by atoms with Gasteiger partial charge in [0, 0.05) is 46.4 Å². The van der Waals surface area contributed by atoms with E-state index in [1.54, 1.807) is 0 Å². The van der Waals surface area contributed by atoms with Crippen molar-refractivity contribution in [1.29, 1.82) is 0 Å². The van der Waals surface area contributed by atoms with E-state index in [4.69, 9.17) is 16.3 Å². The van der Waals surface area contributed by atoms with Gasteiger partial charge in [-0.2, -0.15) is 0 Å². The number of halogens is 1. The molecule has 1 aliphatic rings. The van der Waals surface area contributed by atoms with E-state index in [2.05, 4.69) is 25.7 Å². The van der Waals surface area contributed by atoms with E-state index in [9.17, 15) is 5.11 Å². The second-order valence-electron chi connectivity index (χ2n) is 7.07. The Bertz CT molecular complexity index is 736. The van der Waals surface area contributed by atoms with Crippen LogP contribution in [0.15, 0.2) is 24.3 Å². The zero-order chi connectivity index (χ0) is 16.8. The molecule has 124 valence electrons. The van der Waals surface area contributed by atoms with Gasteiger partial charge in [-0.3, -0.25) is 0 Å². The number of hydrogen-bond acceptors (Lipinski definition) is 3. The molecule has 2 aromatic carbocycles. The zero-order valence-electron chi connectivity index (χ0n) is 14.2. The van der Waals surface area contributed by atoms with Gasteiger partial charge in [0.15, 0.2) is 0 Å². The van der Waals surface area contributed by atoms with Gasteiger partial charge in [0.2, 0.25) is 0 Å². The molecular formula is C19H24ClNO2. The number of phenolic OH excluding ortho intramolecular Hbond substituents is 1. The number of rotatable bonds is 3. The number of hydrogen-bond donors (Lipinski definition) is 1. The molecule has 23 heavy (non-hydrogen) atoms. The quantitative estimate of drug-likeness (QED) is 0.812. The highest BCUT2D eigenvalue weighted by molar-refractivity contribution is 6.19. The third-order valence-electron chi connectivity index (χ3n) is 4.52. The molecule has 3 rings (SSSR count). The summed E-state index contributed by atoms with van der Waals surface area (Å²) in [5, 5.41) is 12.4. The number of phenols is 1. The Morgan fingerprint density at radius 2 is 2.09 bits per heavy atom. The fourth-order valence-corrected chi connectivity index (χ4v) is 3.77. The minimum Gasteiger partial charge on any atom is -0.507 e. The summed E-state index contributed by atoms with van der Waals surface area (Å²) in [5.41, 5.74) is 2.24. The van der Waals surface area contributed by atoms with Gasteiger partial charge in [-0.1, -0.05) is 12.1 Å². The molecule has 1 heterocycles. The number of aromatic hydroxyl groups is 1. The summed E-state index contributed by atoms with van der Waals surface area (Å²) >= 11 is 6.29. The van der Waals surface area contributed by atoms with E-state index in [1.807, 2.05) is 31.2 Å². The van der Waals surface area contributed by atoms with Gasteiger partial charge in [0.25, 0.3) is 0 Å². The van der Waals surface area contributed by atoms with Crippen LogP contribution >= 0.6 is 11.6 Å². The molecule has 2 aromatic rings. The van der Waals surface area contributed by atoms with Crippen molar-refractivity contribution < 1.29 is 9.84 Å². The van der Waals surface area contributed by atoms with Gasteiger partial charge in [0.05, 0.1) is 6.61 Å². The van der Waals surface area contributed by atoms with Gasteiger partial charge in [-0.15, -0.1) is 11.6 Å². The average molecular weight is 334 g/mol. The highest BCUT2D eigenvalue weighted by Crippen LogP contribution is 2.49. The molecule has 0 radical (unpaired) electrons. The summed E-state index contributed by atoms with van der Waals surface area (Å²) in [6.45, 7) is 9.98. The summed E-state index contributed by atoms with van der Waals surface area (Å²) in [5.74, 6) is 1.91. The highest BCUT2D eigenvalue weighted by Gasteiger charge is 2.37. The molecule has 0 saturated carbocycles. The molecular weight excluding hydrogens is 310 g/mol. The van der Waals surface area contributed by atoms with Crippen LogP contribution in [0.25, 0.3) is 10.8 Å². The summed E-state index contributed by atoms with van der Waals surface area (Å²) in [4.78, 5) is 2.33. The number of anilines is 1. The van der Waals surface area contributed by atoms with Crippen LogP contribution in [0.2, 0.25) is 0 Å². The number of alkyl halides is 1. The Morgan fingerprint density at radius 3 is 2.70 bits per heavy atom. The topological polar surface area (TPSA) is 32.7 Å². The lowest BCUT2D eigenvalue weighted by Gasteiger charge is -2.35. The van der Waals surface area contributed by atoms with Crippen molar-refractivity contribution in [3.8, 4) is 11.5 Å². The van der Waals surface area contributed by atoms with E-state index < -0.39 is 0 Å². The van der Waals surface area contributed by atoms with Crippen LogP contribution in [0.3, 0.4) is 0 Å². The van der Waals surface area contributed by atoms with Crippen molar-refractivity contribution in [2.45, 2.75) is 39.2 Å². The van der Waals surface area contributed by atoms with Crippen LogP contribution in [-0.4, -0.2) is 29.7 Å². The molecule has 1 aliphatic heterocycles. The molecule has 0 fully saturated rings. The molecule has 1 N–H and O–H groups in total. The molecule has 0 spiro atoms. The van der Waals surface area contributed by atoms with Gasteiger partial charge in [-0.25, -0.2) is 0 Å². The SMILES string of the molecule is CCOc1cccc2c(O)cc3c(c12)C(CCl)CN3C(C)(C)C. The summed E-state index contributed by atoms with van der Waals surface area (Å²) in [7, 11) is 0. The van der Waals surface area contributed by atoms with Crippen molar-refractivity contribution in [2.75, 3.05) is 23.9 Å². The monoisotopic (exact) mass is 333 g/mol. The Morgan fingerprint density at radius 1 is 1.35 bits per heavy atom. The maximum Gasteiger partial charge on any atom is 0.127 e. The van der Waals surface area contributed by atoms with E-state index in [-0.39, 0.29) is 11.5 Å². The molecule has 1 atom stereocenters. The normalized spacial score (nSPS) is 17.6. The van der Waals surface area contributed by atoms with Crippen LogP contribution in [0.5, 0.6) is 11.5 Å². The van der Waals surface area contributed by atoms with Gasteiger partial charge in [0.1, 0.15) is 11.5 Å². The third-order valence-corrected chi connectivity index (χ3v) is 4.89. The lowest BCUT2D eigenvalue weighted by atomic mass is 9.94. The lowest BCUT2D eigenvalue weighted by molar-refractivity contribution is 0.344. The lowest BCUT2D eigenvalue weighted by Crippen LogP contribution is -2.40. The molecule has 3 nitrogen and oxygen atoms in total. The Labute approximate surface area is 142 Å². The molecule has 0 aliphatic carbocycles. The van der Waals surface area contributed by atoms with Gasteiger partial charge < -0.3 is 14.7 Å². The van der Waals surface area contributed by atoms with Crippen molar-refractivity contribution in [1.82, 2.24) is 0 Å². The predicted octanol–water partition coefficient (Wildman–Crippen LogP) is 4.89. The number of fused-ring (bicyclic) bond motifs is 3. The number of nitrogens with zero attached hydrogens (tertiary/aromatic N) is 1. The van der Waals surface area contributed by atoms with Crippen molar-refractivity contribution >= 4 is 28.1 Å². The van der Waals surface area contributed by atoms with E-state index in [1.165, 1.54) is 5.56 Å². The van der Waals surface area contributed by atoms with Crippen LogP contribution in [-0.2, 0) is 0 Å². The van der Waals surface area contributed by atoms with Crippen LogP contribution < -0.4 is 9.64 Å². The van der Waals surface area contributed by atoms with E-state index in [0.29, 0.717) is 18.2 Å². The fraction of sp³-hybridized carbons (Fsp3) is 0.474. The molecule has 0 amide bonds. The maximum absolute atomic E-state index is 10.6. The van der Waals surface area contributed by atoms with E-state index in [0.717, 1.165) is 28.8 Å². The van der Waals surface area contributed by atoms with Crippen molar-refractivity contribution in [3.05, 3.63) is 29.8 Å². The van der Waals surface area contributed by atoms with Gasteiger partial charge >= 0.3 is 0 Å². The second-order valence-corrected chi connectivity index (χ2v) is 7.38. The maximum atomic E-state index is 10.6. The molecule has 0 aromatic heterocycles. The first-order valence-electron chi connectivity index (χ1n) is 8.13. The van der Waals surface area contributed by atoms with Crippen LogP contribution in [0.4, 0.5) is 5.69 Å². The summed E-state index contributed by atoms with van der Waals surface area (Å²) < 4.78 is 5.84. The van der Waals surface area contributed by atoms with Crippen molar-refractivity contribution in [2.24, 2.45) is 0 Å². The summed E-state index contributed by atoms with van der Waals surface area (Å²) in [6, 6.07) is 7.71. The largest absolute Gasteiger partial charge is 0.507 e. The van der Waals surface area contributed by atoms with Crippen molar-refractivity contribution in [3.63, 3.8) is 0 Å². The molecule has 1 unspecified atom stereocenters. The molecule has 0 bridgehead atoms. The fourth-order valence-electron chi connectivity index (χ4n) is 3.52. The number of benzene rings is 2. The van der Waals surface area contributed by atoms with Crippen LogP contribution in [0, 0.1) is 0 Å². The third kappa shape index (κ3) is 2.61. The zero-order valence-corrected chi connectivity index (χ0v) is 14.9. The Balaban J connectivity index is 2.35. The number of ether oxygens (including phenoxy) is 1.